The summed E-state index contributed by atoms with van der Waals surface area (Å²) < 4.78 is 0. The van der Waals surface area contributed by atoms with Crippen LogP contribution in [-0.2, 0) is 16.1 Å². The molecule has 1 saturated carbocycles. The van der Waals surface area contributed by atoms with Gasteiger partial charge in [-0.05, 0) is 18.4 Å². The molecule has 7 heteroatoms. The van der Waals surface area contributed by atoms with Crippen molar-refractivity contribution in [1.82, 2.24) is 16.0 Å². The fourth-order valence-corrected chi connectivity index (χ4v) is 2.75. The van der Waals surface area contributed by atoms with Crippen LogP contribution in [-0.4, -0.2) is 35.1 Å². The van der Waals surface area contributed by atoms with Gasteiger partial charge in [0.2, 0.25) is 5.91 Å². The Hall–Kier alpha value is -2.57. The number of hydrogen-bond acceptors (Lipinski definition) is 3. The first-order valence-corrected chi connectivity index (χ1v) is 7.62. The summed E-state index contributed by atoms with van der Waals surface area (Å²) in [6.07, 6.45) is 2.66. The molecule has 0 unspecified atom stereocenters. The van der Waals surface area contributed by atoms with Gasteiger partial charge in [0, 0.05) is 6.54 Å². The summed E-state index contributed by atoms with van der Waals surface area (Å²) in [5.74, 6) is -1.55. The fourth-order valence-electron chi connectivity index (χ4n) is 2.75. The number of urea groups is 1. The highest BCUT2D eigenvalue weighted by Gasteiger charge is 2.42. The van der Waals surface area contributed by atoms with Gasteiger partial charge in [0.25, 0.3) is 0 Å². The van der Waals surface area contributed by atoms with Gasteiger partial charge in [-0.25, -0.2) is 4.79 Å². The van der Waals surface area contributed by atoms with E-state index in [2.05, 4.69) is 16.0 Å². The third kappa shape index (κ3) is 4.70. The summed E-state index contributed by atoms with van der Waals surface area (Å²) in [6, 6.07) is 9.01. The Morgan fingerprint density at radius 3 is 2.30 bits per heavy atom. The molecule has 3 amide bonds. The Bertz CT molecular complexity index is 568. The van der Waals surface area contributed by atoms with Crippen molar-refractivity contribution >= 4 is 17.9 Å². The average Bonchev–Trinajstić information content (AvgIpc) is 3.01. The van der Waals surface area contributed by atoms with E-state index < -0.39 is 30.0 Å². The van der Waals surface area contributed by atoms with Gasteiger partial charge in [0.05, 0.1) is 0 Å². The van der Waals surface area contributed by atoms with Crippen molar-refractivity contribution < 1.29 is 19.5 Å². The third-order valence-corrected chi connectivity index (χ3v) is 3.94. The van der Waals surface area contributed by atoms with Crippen LogP contribution in [0.4, 0.5) is 4.79 Å². The van der Waals surface area contributed by atoms with Crippen LogP contribution in [0.3, 0.4) is 0 Å². The first-order chi connectivity index (χ1) is 11.0. The highest BCUT2D eigenvalue weighted by Crippen LogP contribution is 2.29. The average molecular weight is 319 g/mol. The number of carbonyl (C=O) groups is 3. The molecule has 1 fully saturated rings. The van der Waals surface area contributed by atoms with E-state index in [-0.39, 0.29) is 0 Å². The molecule has 0 spiro atoms. The third-order valence-electron chi connectivity index (χ3n) is 3.94. The van der Waals surface area contributed by atoms with Crippen LogP contribution in [0.5, 0.6) is 0 Å². The summed E-state index contributed by atoms with van der Waals surface area (Å²) in [5, 5.41) is 16.5. The molecule has 0 saturated heterocycles. The van der Waals surface area contributed by atoms with Gasteiger partial charge in [-0.15, -0.1) is 0 Å². The number of carboxylic acid groups (broad SMARTS) is 1. The number of nitrogens with one attached hydrogen (secondary N) is 3. The minimum atomic E-state index is -1.11. The number of rotatable bonds is 6. The molecule has 23 heavy (non-hydrogen) atoms. The number of carbonyl (C=O) groups excluding carboxylic acids is 2. The molecule has 0 aliphatic heterocycles. The van der Waals surface area contributed by atoms with E-state index in [1.807, 2.05) is 30.3 Å². The van der Waals surface area contributed by atoms with E-state index in [4.69, 9.17) is 5.11 Å². The molecule has 1 aromatic carbocycles. The van der Waals surface area contributed by atoms with Gasteiger partial charge in [-0.2, -0.15) is 0 Å². The summed E-state index contributed by atoms with van der Waals surface area (Å²) in [7, 11) is 0. The predicted molar refractivity (Wildman–Crippen MR) is 83.7 cm³/mol. The highest BCUT2D eigenvalue weighted by molar-refractivity contribution is 5.92. The molecule has 4 N–H and O–H groups in total. The highest BCUT2D eigenvalue weighted by atomic mass is 16.4. The number of amides is 3. The maximum absolute atomic E-state index is 12.3. The van der Waals surface area contributed by atoms with Crippen LogP contribution in [0.25, 0.3) is 0 Å². The van der Waals surface area contributed by atoms with Crippen LogP contribution in [0.15, 0.2) is 30.3 Å². The number of carboxylic acids is 1. The minimum absolute atomic E-state index is 0.361. The van der Waals surface area contributed by atoms with Crippen molar-refractivity contribution in [3.63, 3.8) is 0 Å². The summed E-state index contributed by atoms with van der Waals surface area (Å²) in [4.78, 5) is 35.0. The second kappa shape index (κ2) is 7.62. The van der Waals surface area contributed by atoms with Crippen LogP contribution < -0.4 is 16.0 Å². The van der Waals surface area contributed by atoms with E-state index in [9.17, 15) is 14.4 Å². The van der Waals surface area contributed by atoms with Crippen molar-refractivity contribution in [1.29, 1.82) is 0 Å². The Morgan fingerprint density at radius 2 is 1.70 bits per heavy atom. The molecule has 0 aromatic heterocycles. The summed E-state index contributed by atoms with van der Waals surface area (Å²) >= 11 is 0. The zero-order valence-electron chi connectivity index (χ0n) is 12.8. The molecule has 0 bridgehead atoms. The maximum Gasteiger partial charge on any atom is 0.322 e. The predicted octanol–water partition coefficient (Wildman–Crippen LogP) is 0.999. The first kappa shape index (κ1) is 16.8. The van der Waals surface area contributed by atoms with Gasteiger partial charge in [-0.1, -0.05) is 43.2 Å². The van der Waals surface area contributed by atoms with Gasteiger partial charge < -0.3 is 21.1 Å². The van der Waals surface area contributed by atoms with E-state index in [0.717, 1.165) is 18.4 Å². The lowest BCUT2D eigenvalue weighted by Crippen LogP contribution is -2.59. The topological polar surface area (TPSA) is 108 Å². The zero-order valence-corrected chi connectivity index (χ0v) is 12.8. The molecule has 1 aromatic rings. The molecule has 7 nitrogen and oxygen atoms in total. The van der Waals surface area contributed by atoms with E-state index in [1.165, 1.54) is 0 Å². The minimum Gasteiger partial charge on any atom is -0.480 e. The molecule has 0 atom stereocenters. The molecule has 1 aliphatic carbocycles. The van der Waals surface area contributed by atoms with Crippen LogP contribution >= 0.6 is 0 Å². The number of benzene rings is 1. The van der Waals surface area contributed by atoms with Gasteiger partial charge in [-0.3, -0.25) is 9.59 Å². The van der Waals surface area contributed by atoms with Gasteiger partial charge in [0.15, 0.2) is 0 Å². The van der Waals surface area contributed by atoms with Crippen molar-refractivity contribution in [3.05, 3.63) is 35.9 Å². The quantitative estimate of drug-likeness (QED) is 0.627. The molecule has 124 valence electrons. The summed E-state index contributed by atoms with van der Waals surface area (Å²) in [5.41, 5.74) is -0.0607. The monoisotopic (exact) mass is 319 g/mol. The maximum atomic E-state index is 12.3. The van der Waals surface area contributed by atoms with Gasteiger partial charge >= 0.3 is 12.0 Å². The lowest BCUT2D eigenvalue weighted by Gasteiger charge is -2.28. The number of hydrogen-bond donors (Lipinski definition) is 4. The molecular weight excluding hydrogens is 298 g/mol. The Balaban J connectivity index is 1.91. The van der Waals surface area contributed by atoms with Crippen molar-refractivity contribution in [2.24, 2.45) is 0 Å². The fraction of sp³-hybridized carbons (Fsp3) is 0.438. The van der Waals surface area contributed by atoms with Crippen LogP contribution in [0, 0.1) is 0 Å². The Labute approximate surface area is 134 Å². The zero-order chi connectivity index (χ0) is 16.7. The van der Waals surface area contributed by atoms with Crippen LogP contribution in [0.2, 0.25) is 0 Å². The first-order valence-electron chi connectivity index (χ1n) is 7.62. The standard InChI is InChI=1S/C16H21N3O4/c20-13(21)11-17-14(22)16(8-4-5-9-16)19-15(23)18-10-12-6-2-1-3-7-12/h1-3,6-7H,4-5,8-11H2,(H,17,22)(H,20,21)(H2,18,19,23). The largest absolute Gasteiger partial charge is 0.480 e. The second-order valence-electron chi connectivity index (χ2n) is 5.66. The molecule has 1 aliphatic rings. The Kier molecular flexibility index (Phi) is 5.56. The normalized spacial score (nSPS) is 15.7. The Morgan fingerprint density at radius 1 is 1.04 bits per heavy atom. The van der Waals surface area contributed by atoms with E-state index in [0.29, 0.717) is 19.4 Å². The van der Waals surface area contributed by atoms with Crippen molar-refractivity contribution in [3.8, 4) is 0 Å². The van der Waals surface area contributed by atoms with E-state index in [1.54, 1.807) is 0 Å². The lowest BCUT2D eigenvalue weighted by molar-refractivity contribution is -0.139. The smallest absolute Gasteiger partial charge is 0.322 e. The second-order valence-corrected chi connectivity index (χ2v) is 5.66. The molecule has 0 heterocycles. The van der Waals surface area contributed by atoms with Gasteiger partial charge in [0.1, 0.15) is 12.1 Å². The summed E-state index contributed by atoms with van der Waals surface area (Å²) in [6.45, 7) is -0.0899. The van der Waals surface area contributed by atoms with E-state index >= 15 is 0 Å². The molecular formula is C16H21N3O4. The SMILES string of the molecule is O=C(O)CNC(=O)C1(NC(=O)NCc2ccccc2)CCCC1. The molecule has 0 radical (unpaired) electrons. The molecule has 2 rings (SSSR count). The lowest BCUT2D eigenvalue weighted by atomic mass is 9.96. The number of aliphatic carboxylic acids is 1. The van der Waals surface area contributed by atoms with Crippen LogP contribution in [0.1, 0.15) is 31.2 Å². The van der Waals surface area contributed by atoms with Crippen molar-refractivity contribution in [2.75, 3.05) is 6.54 Å². The van der Waals surface area contributed by atoms with Crippen molar-refractivity contribution in [2.45, 2.75) is 37.8 Å².